The summed E-state index contributed by atoms with van der Waals surface area (Å²) in [5.41, 5.74) is 1.43. The van der Waals surface area contributed by atoms with Gasteiger partial charge in [0.2, 0.25) is 0 Å². The molecule has 1 unspecified atom stereocenters. The van der Waals surface area contributed by atoms with E-state index in [1.807, 2.05) is 0 Å². The summed E-state index contributed by atoms with van der Waals surface area (Å²) in [7, 11) is 0. The van der Waals surface area contributed by atoms with Gasteiger partial charge in [-0.1, -0.05) is 80.8 Å². The summed E-state index contributed by atoms with van der Waals surface area (Å²) >= 11 is 0. The number of piperidine rings is 1. The van der Waals surface area contributed by atoms with Crippen molar-refractivity contribution in [3.8, 4) is 0 Å². The van der Waals surface area contributed by atoms with Gasteiger partial charge in [0, 0.05) is 12.6 Å². The quantitative estimate of drug-likeness (QED) is 0.437. The molecule has 0 bridgehead atoms. The van der Waals surface area contributed by atoms with Crippen molar-refractivity contribution in [2.45, 2.75) is 64.5 Å². The first kappa shape index (κ1) is 17.0. The van der Waals surface area contributed by atoms with Crippen LogP contribution in [0, 0.1) is 0 Å². The molecule has 1 nitrogen and oxygen atoms in total. The molecule has 22 heavy (non-hydrogen) atoms. The molecule has 0 saturated carbocycles. The van der Waals surface area contributed by atoms with Gasteiger partial charge in [-0.15, -0.1) is 0 Å². The number of hydrogen-bond donors (Lipinski definition) is 0. The Balaban J connectivity index is 1.81. The number of hydrogen-bond acceptors (Lipinski definition) is 1. The Morgan fingerprint density at radius 2 is 1.95 bits per heavy atom. The van der Waals surface area contributed by atoms with Crippen molar-refractivity contribution >= 4 is 0 Å². The van der Waals surface area contributed by atoms with Gasteiger partial charge in [0.1, 0.15) is 0 Å². The Morgan fingerprint density at radius 3 is 2.77 bits per heavy atom. The van der Waals surface area contributed by atoms with Crippen molar-refractivity contribution in [3.63, 3.8) is 0 Å². The van der Waals surface area contributed by atoms with Gasteiger partial charge in [0.25, 0.3) is 0 Å². The molecule has 1 aromatic rings. The molecule has 0 spiro atoms. The predicted molar refractivity (Wildman–Crippen MR) is 96.9 cm³/mol. The van der Waals surface area contributed by atoms with Crippen molar-refractivity contribution in [1.29, 1.82) is 0 Å². The van der Waals surface area contributed by atoms with Gasteiger partial charge in [-0.2, -0.15) is 0 Å². The summed E-state index contributed by atoms with van der Waals surface area (Å²) in [6.45, 7) is 4.56. The lowest BCUT2D eigenvalue weighted by Gasteiger charge is -2.34. The molecular formula is C21H31N. The van der Waals surface area contributed by atoms with Crippen LogP contribution in [-0.4, -0.2) is 17.5 Å². The molecule has 1 fully saturated rings. The van der Waals surface area contributed by atoms with E-state index in [2.05, 4.69) is 66.5 Å². The van der Waals surface area contributed by atoms with E-state index in [0.717, 1.165) is 6.54 Å². The van der Waals surface area contributed by atoms with E-state index < -0.39 is 0 Å². The third-order valence-electron chi connectivity index (χ3n) is 4.45. The molecule has 1 atom stereocenters. The number of nitrogens with zero attached hydrogens (tertiary/aromatic N) is 1. The van der Waals surface area contributed by atoms with Gasteiger partial charge >= 0.3 is 0 Å². The van der Waals surface area contributed by atoms with Crippen LogP contribution in [0.5, 0.6) is 0 Å². The molecule has 2 rings (SSSR count). The van der Waals surface area contributed by atoms with E-state index in [-0.39, 0.29) is 0 Å². The number of benzene rings is 1. The Bertz CT molecular complexity index is 446. The minimum atomic E-state index is 0.606. The minimum Gasteiger partial charge on any atom is -0.293 e. The molecule has 0 radical (unpaired) electrons. The van der Waals surface area contributed by atoms with Crippen molar-refractivity contribution in [2.24, 2.45) is 0 Å². The molecule has 0 N–H and O–H groups in total. The zero-order valence-corrected chi connectivity index (χ0v) is 14.1. The largest absolute Gasteiger partial charge is 0.293 e. The van der Waals surface area contributed by atoms with Crippen LogP contribution in [0.15, 0.2) is 54.6 Å². The fourth-order valence-corrected chi connectivity index (χ4v) is 3.13. The Hall–Kier alpha value is -1.34. The Morgan fingerprint density at radius 1 is 1.09 bits per heavy atom. The summed E-state index contributed by atoms with van der Waals surface area (Å²) in [6.07, 6.45) is 18.4. The van der Waals surface area contributed by atoms with E-state index in [1.165, 1.54) is 57.1 Å². The van der Waals surface area contributed by atoms with Gasteiger partial charge in [-0.3, -0.25) is 4.90 Å². The first-order valence-corrected chi connectivity index (χ1v) is 9.01. The molecule has 1 heteroatoms. The van der Waals surface area contributed by atoms with Crippen LogP contribution in [0.3, 0.4) is 0 Å². The SMILES string of the molecule is CCCCC/C=C/C=C/C1CCCCN1Cc1ccccc1. The van der Waals surface area contributed by atoms with Crippen LogP contribution in [0.25, 0.3) is 0 Å². The maximum absolute atomic E-state index is 2.63. The van der Waals surface area contributed by atoms with Crippen molar-refractivity contribution in [1.82, 2.24) is 4.90 Å². The highest BCUT2D eigenvalue weighted by Gasteiger charge is 2.19. The smallest absolute Gasteiger partial charge is 0.0284 e. The highest BCUT2D eigenvalue weighted by molar-refractivity contribution is 5.15. The zero-order chi connectivity index (χ0) is 15.5. The molecule has 1 aromatic carbocycles. The number of rotatable bonds is 8. The van der Waals surface area contributed by atoms with Crippen molar-refractivity contribution in [3.05, 3.63) is 60.2 Å². The first-order valence-electron chi connectivity index (χ1n) is 9.01. The maximum atomic E-state index is 2.63. The number of unbranched alkanes of at least 4 members (excludes halogenated alkanes) is 3. The van der Waals surface area contributed by atoms with Crippen LogP contribution in [0.2, 0.25) is 0 Å². The number of allylic oxidation sites excluding steroid dienone is 3. The molecule has 1 heterocycles. The Labute approximate surface area is 136 Å². The fraction of sp³-hybridized carbons (Fsp3) is 0.524. The molecule has 0 aliphatic carbocycles. The van der Waals surface area contributed by atoms with Gasteiger partial charge < -0.3 is 0 Å². The highest BCUT2D eigenvalue weighted by Crippen LogP contribution is 2.20. The van der Waals surface area contributed by atoms with Gasteiger partial charge in [0.15, 0.2) is 0 Å². The molecule has 1 saturated heterocycles. The zero-order valence-electron chi connectivity index (χ0n) is 14.1. The standard InChI is InChI=1S/C21H31N/c1-2-3-4-5-6-7-11-16-21-17-12-13-18-22(21)19-20-14-9-8-10-15-20/h6-11,14-16,21H,2-5,12-13,17-19H2,1H3/b7-6+,16-11+. The predicted octanol–water partition coefficient (Wildman–Crippen LogP) is 5.73. The monoisotopic (exact) mass is 297 g/mol. The van der Waals surface area contributed by atoms with Gasteiger partial charge in [0.05, 0.1) is 0 Å². The second-order valence-corrected chi connectivity index (χ2v) is 6.33. The number of likely N-dealkylation sites (tertiary alicyclic amines) is 1. The maximum Gasteiger partial charge on any atom is 0.0284 e. The van der Waals surface area contributed by atoms with Crippen molar-refractivity contribution < 1.29 is 0 Å². The average molecular weight is 297 g/mol. The summed E-state index contributed by atoms with van der Waals surface area (Å²) in [4.78, 5) is 2.63. The van der Waals surface area contributed by atoms with Crippen LogP contribution in [-0.2, 0) is 6.54 Å². The average Bonchev–Trinajstić information content (AvgIpc) is 2.56. The second-order valence-electron chi connectivity index (χ2n) is 6.33. The van der Waals surface area contributed by atoms with Crippen LogP contribution in [0.4, 0.5) is 0 Å². The third-order valence-corrected chi connectivity index (χ3v) is 4.45. The first-order chi connectivity index (χ1) is 10.9. The van der Waals surface area contributed by atoms with E-state index in [4.69, 9.17) is 0 Å². The van der Waals surface area contributed by atoms with Gasteiger partial charge in [-0.25, -0.2) is 0 Å². The van der Waals surface area contributed by atoms with Crippen LogP contribution < -0.4 is 0 Å². The summed E-state index contributed by atoms with van der Waals surface area (Å²) in [6, 6.07) is 11.5. The highest BCUT2D eigenvalue weighted by atomic mass is 15.2. The molecule has 1 aliphatic rings. The van der Waals surface area contributed by atoms with E-state index in [1.54, 1.807) is 0 Å². The van der Waals surface area contributed by atoms with Gasteiger partial charge in [-0.05, 0) is 37.8 Å². The Kier molecular flexibility index (Phi) is 8.04. The summed E-state index contributed by atoms with van der Waals surface area (Å²) < 4.78 is 0. The molecule has 0 aromatic heterocycles. The minimum absolute atomic E-state index is 0.606. The lowest BCUT2D eigenvalue weighted by Crippen LogP contribution is -2.37. The van der Waals surface area contributed by atoms with Crippen LogP contribution in [0.1, 0.15) is 57.4 Å². The lowest BCUT2D eigenvalue weighted by atomic mass is 10.0. The fourth-order valence-electron chi connectivity index (χ4n) is 3.13. The molecule has 120 valence electrons. The lowest BCUT2D eigenvalue weighted by molar-refractivity contribution is 0.171. The van der Waals surface area contributed by atoms with Crippen LogP contribution >= 0.6 is 0 Å². The molecular weight excluding hydrogens is 266 g/mol. The van der Waals surface area contributed by atoms with E-state index in [9.17, 15) is 0 Å². The van der Waals surface area contributed by atoms with E-state index >= 15 is 0 Å². The third kappa shape index (κ3) is 6.19. The van der Waals surface area contributed by atoms with Crippen molar-refractivity contribution in [2.75, 3.05) is 6.54 Å². The summed E-state index contributed by atoms with van der Waals surface area (Å²) in [5, 5.41) is 0. The summed E-state index contributed by atoms with van der Waals surface area (Å²) in [5.74, 6) is 0. The second kappa shape index (κ2) is 10.4. The normalized spacial score (nSPS) is 20.1. The molecule has 0 amide bonds. The topological polar surface area (TPSA) is 3.24 Å². The van der Waals surface area contributed by atoms with E-state index in [0.29, 0.717) is 6.04 Å². The molecule has 1 aliphatic heterocycles.